The first kappa shape index (κ1) is 35.6. The number of halogens is 1. The molecule has 9 nitrogen and oxygen atoms in total. The fraction of sp³-hybridized carbons (Fsp3) is 0.333. The summed E-state index contributed by atoms with van der Waals surface area (Å²) < 4.78 is 7.77. The summed E-state index contributed by atoms with van der Waals surface area (Å²) in [6.45, 7) is 8.35. The molecular formula is C45H46ClN5O4. The highest BCUT2D eigenvalue weighted by Gasteiger charge is 2.32. The van der Waals surface area contributed by atoms with Gasteiger partial charge in [-0.25, -0.2) is 0 Å². The number of carbonyl (C=O) groups is 2. The molecule has 0 atom stereocenters. The van der Waals surface area contributed by atoms with Crippen LogP contribution in [0, 0.1) is 0 Å². The average molecular weight is 756 g/mol. The SMILES string of the molecule is O=C(c1ccc(Cl)cc1-c1cc(C(=O)N(c2ccc(O)cc2)c2ccc3c(c2)CCN3CCN2CCOCC2)c2n1CCCC2)N1CCc2ccccc2C1. The lowest BCUT2D eigenvalue weighted by atomic mass is 9.97. The maximum atomic E-state index is 15.2. The van der Waals surface area contributed by atoms with Gasteiger partial charge in [0.25, 0.3) is 11.8 Å². The molecule has 0 radical (unpaired) electrons. The zero-order valence-electron chi connectivity index (χ0n) is 31.1. The Hall–Kier alpha value is -5.09. The van der Waals surface area contributed by atoms with Gasteiger partial charge in [0, 0.05) is 97.0 Å². The van der Waals surface area contributed by atoms with Gasteiger partial charge in [-0.15, -0.1) is 0 Å². The van der Waals surface area contributed by atoms with E-state index in [9.17, 15) is 9.90 Å². The van der Waals surface area contributed by atoms with E-state index in [1.807, 2.05) is 35.2 Å². The molecule has 0 unspecified atom stereocenters. The van der Waals surface area contributed by atoms with Gasteiger partial charge < -0.3 is 24.2 Å². The molecule has 10 heteroatoms. The topological polar surface area (TPSA) is 81.5 Å². The molecule has 2 amide bonds. The van der Waals surface area contributed by atoms with Crippen LogP contribution in [0.3, 0.4) is 0 Å². The van der Waals surface area contributed by atoms with Crippen molar-refractivity contribution in [2.75, 3.05) is 62.3 Å². The van der Waals surface area contributed by atoms with Gasteiger partial charge in [0.2, 0.25) is 0 Å². The molecule has 55 heavy (non-hydrogen) atoms. The molecule has 4 aromatic carbocycles. The molecule has 1 N–H and O–H groups in total. The van der Waals surface area contributed by atoms with Crippen molar-refractivity contribution in [3.05, 3.63) is 130 Å². The van der Waals surface area contributed by atoms with E-state index in [2.05, 4.69) is 44.7 Å². The molecule has 0 bridgehead atoms. The van der Waals surface area contributed by atoms with Crippen LogP contribution < -0.4 is 9.80 Å². The van der Waals surface area contributed by atoms with E-state index >= 15 is 4.79 Å². The summed E-state index contributed by atoms with van der Waals surface area (Å²) >= 11 is 6.68. The van der Waals surface area contributed by atoms with Crippen molar-refractivity contribution >= 4 is 40.5 Å². The number of benzene rings is 4. The first-order chi connectivity index (χ1) is 26.9. The number of hydrogen-bond acceptors (Lipinski definition) is 6. The lowest BCUT2D eigenvalue weighted by molar-refractivity contribution is 0.0392. The number of aromatic nitrogens is 1. The lowest BCUT2D eigenvalue weighted by Gasteiger charge is -2.30. The summed E-state index contributed by atoms with van der Waals surface area (Å²) in [6, 6.07) is 29.0. The fourth-order valence-electron chi connectivity index (χ4n) is 8.86. The van der Waals surface area contributed by atoms with Gasteiger partial charge in [-0.1, -0.05) is 35.9 Å². The Bertz CT molecular complexity index is 2240. The van der Waals surface area contributed by atoms with Crippen LogP contribution in [0.25, 0.3) is 11.3 Å². The Kier molecular flexibility index (Phi) is 9.85. The van der Waals surface area contributed by atoms with Crippen molar-refractivity contribution in [3.8, 4) is 17.0 Å². The van der Waals surface area contributed by atoms with Crippen molar-refractivity contribution in [1.82, 2.24) is 14.4 Å². The third kappa shape index (κ3) is 7.01. The number of rotatable bonds is 8. The maximum Gasteiger partial charge on any atom is 0.264 e. The summed E-state index contributed by atoms with van der Waals surface area (Å²) in [5.74, 6) is -0.0459. The zero-order valence-corrected chi connectivity index (χ0v) is 31.8. The van der Waals surface area contributed by atoms with E-state index in [4.69, 9.17) is 16.3 Å². The molecule has 1 saturated heterocycles. The maximum absolute atomic E-state index is 15.2. The quantitative estimate of drug-likeness (QED) is 0.175. The average Bonchev–Trinajstić information content (AvgIpc) is 3.82. The Morgan fingerprint density at radius 2 is 1.51 bits per heavy atom. The summed E-state index contributed by atoms with van der Waals surface area (Å²) in [7, 11) is 0. The minimum atomic E-state index is -0.146. The van der Waals surface area contributed by atoms with Crippen molar-refractivity contribution in [1.29, 1.82) is 0 Å². The van der Waals surface area contributed by atoms with E-state index < -0.39 is 0 Å². The van der Waals surface area contributed by atoms with Crippen LogP contribution in [0.15, 0.2) is 91.0 Å². The van der Waals surface area contributed by atoms with Crippen LogP contribution in [-0.2, 0) is 37.1 Å². The molecule has 4 aliphatic heterocycles. The van der Waals surface area contributed by atoms with Crippen LogP contribution in [0.1, 0.15) is 55.9 Å². The standard InChI is InChI=1S/C45H46ClN5O4/c46-34-8-14-38(44(53)49-20-16-31-5-1-2-6-33(31)30-49)39(28-34)43-29-40(42-7-3-4-18-50(42)43)45(54)51(35-9-12-37(52)13-10-35)36-11-15-41-32(27-36)17-19-48(41)22-21-47-23-25-55-26-24-47/h1-2,5-6,8-15,27-29,52H,3-4,7,16-26,30H2. The van der Waals surface area contributed by atoms with E-state index in [-0.39, 0.29) is 17.6 Å². The number of anilines is 3. The van der Waals surface area contributed by atoms with Gasteiger partial charge in [-0.2, -0.15) is 0 Å². The van der Waals surface area contributed by atoms with Crippen LogP contribution in [0.2, 0.25) is 5.02 Å². The molecule has 1 aromatic heterocycles. The highest BCUT2D eigenvalue weighted by Crippen LogP contribution is 2.39. The molecule has 0 spiro atoms. The highest BCUT2D eigenvalue weighted by atomic mass is 35.5. The molecule has 282 valence electrons. The Morgan fingerprint density at radius 1 is 0.727 bits per heavy atom. The summed E-state index contributed by atoms with van der Waals surface area (Å²) in [5.41, 5.74) is 10.1. The first-order valence-electron chi connectivity index (χ1n) is 19.6. The summed E-state index contributed by atoms with van der Waals surface area (Å²) in [6.07, 6.45) is 4.41. The zero-order chi connectivity index (χ0) is 37.5. The van der Waals surface area contributed by atoms with Crippen molar-refractivity contribution in [2.24, 2.45) is 0 Å². The molecule has 5 aromatic rings. The molecule has 9 rings (SSSR count). The molecule has 4 aliphatic rings. The Balaban J connectivity index is 1.07. The van der Waals surface area contributed by atoms with Crippen LogP contribution in [0.4, 0.5) is 17.1 Å². The van der Waals surface area contributed by atoms with Crippen LogP contribution in [-0.4, -0.2) is 83.8 Å². The highest BCUT2D eigenvalue weighted by molar-refractivity contribution is 6.31. The van der Waals surface area contributed by atoms with Gasteiger partial charge in [0.15, 0.2) is 0 Å². The number of aromatic hydroxyl groups is 1. The van der Waals surface area contributed by atoms with Gasteiger partial charge in [0.1, 0.15) is 5.75 Å². The second kappa shape index (κ2) is 15.2. The normalized spacial score (nSPS) is 16.7. The smallest absolute Gasteiger partial charge is 0.264 e. The number of carbonyl (C=O) groups excluding carboxylic acids is 2. The van der Waals surface area contributed by atoms with Gasteiger partial charge >= 0.3 is 0 Å². The second-order valence-electron chi connectivity index (χ2n) is 15.1. The minimum Gasteiger partial charge on any atom is -0.508 e. The molecule has 1 fully saturated rings. The van der Waals surface area contributed by atoms with Gasteiger partial charge in [0.05, 0.1) is 18.8 Å². The number of nitrogens with zero attached hydrogens (tertiary/aromatic N) is 5. The number of morpholine rings is 1. The Labute approximate surface area is 327 Å². The number of hydrogen-bond donors (Lipinski definition) is 1. The fourth-order valence-corrected chi connectivity index (χ4v) is 9.03. The predicted octanol–water partition coefficient (Wildman–Crippen LogP) is 7.72. The third-order valence-electron chi connectivity index (χ3n) is 11.8. The van der Waals surface area contributed by atoms with Gasteiger partial charge in [-0.3, -0.25) is 19.4 Å². The first-order valence-corrected chi connectivity index (χ1v) is 20.0. The van der Waals surface area contributed by atoms with E-state index in [1.165, 1.54) is 22.4 Å². The van der Waals surface area contributed by atoms with Crippen molar-refractivity contribution < 1.29 is 19.4 Å². The molecular weight excluding hydrogens is 710 g/mol. The van der Waals surface area contributed by atoms with E-state index in [1.54, 1.807) is 35.2 Å². The predicted molar refractivity (Wildman–Crippen MR) is 217 cm³/mol. The minimum absolute atomic E-state index is 0.0387. The third-order valence-corrected chi connectivity index (χ3v) is 12.0. The van der Waals surface area contributed by atoms with Crippen LogP contribution >= 0.6 is 11.6 Å². The van der Waals surface area contributed by atoms with E-state index in [0.29, 0.717) is 34.9 Å². The number of fused-ring (bicyclic) bond motifs is 3. The monoisotopic (exact) mass is 755 g/mol. The molecule has 0 aliphatic carbocycles. The number of amides is 2. The molecule has 0 saturated carbocycles. The lowest BCUT2D eigenvalue weighted by Crippen LogP contribution is -2.41. The van der Waals surface area contributed by atoms with Gasteiger partial charge in [-0.05, 0) is 116 Å². The summed E-state index contributed by atoms with van der Waals surface area (Å²) in [4.78, 5) is 38.1. The largest absolute Gasteiger partial charge is 0.508 e. The number of phenols is 1. The molecule has 5 heterocycles. The Morgan fingerprint density at radius 3 is 2.35 bits per heavy atom. The van der Waals surface area contributed by atoms with Crippen molar-refractivity contribution in [2.45, 2.75) is 45.2 Å². The van der Waals surface area contributed by atoms with E-state index in [0.717, 1.165) is 107 Å². The summed E-state index contributed by atoms with van der Waals surface area (Å²) in [5, 5.41) is 10.8. The van der Waals surface area contributed by atoms with Crippen molar-refractivity contribution in [3.63, 3.8) is 0 Å². The number of ether oxygens (including phenoxy) is 1. The number of phenolic OH excluding ortho intramolecular Hbond substituents is 1. The second-order valence-corrected chi connectivity index (χ2v) is 15.5. The van der Waals surface area contributed by atoms with Crippen LogP contribution in [0.5, 0.6) is 5.75 Å².